The van der Waals surface area contributed by atoms with Crippen LogP contribution in [0.5, 0.6) is 0 Å². The monoisotopic (exact) mass is 292 g/mol. The first-order valence-electron chi connectivity index (χ1n) is 8.33. The van der Waals surface area contributed by atoms with Crippen LogP contribution in [0.3, 0.4) is 0 Å². The van der Waals surface area contributed by atoms with E-state index in [0.717, 1.165) is 51.9 Å². The van der Waals surface area contributed by atoms with Crippen LogP contribution in [-0.2, 0) is 4.79 Å². The number of nitrogens with zero attached hydrogens (tertiary/aromatic N) is 2. The lowest BCUT2D eigenvalue weighted by Gasteiger charge is -2.30. The third-order valence-electron chi connectivity index (χ3n) is 4.78. The number of hydrogen-bond acceptors (Lipinski definition) is 4. The number of carbonyl (C=O) groups excluding carboxylic acids is 1. The third kappa shape index (κ3) is 4.69. The Kier molecular flexibility index (Phi) is 6.01. The molecule has 0 spiro atoms. The molecule has 21 heavy (non-hydrogen) atoms. The smallest absolute Gasteiger partial charge is 0.235 e. The topological polar surface area (TPSA) is 68.2 Å². The quantitative estimate of drug-likeness (QED) is 0.773. The second-order valence-electron chi connectivity index (χ2n) is 6.49. The Labute approximate surface area is 128 Å². The summed E-state index contributed by atoms with van der Waals surface area (Å²) in [5.74, 6) is 0.645. The van der Waals surface area contributed by atoms with Gasteiger partial charge in [-0.3, -0.25) is 9.69 Å². The van der Waals surface area contributed by atoms with Gasteiger partial charge in [-0.1, -0.05) is 6.92 Å². The van der Waals surface area contributed by atoms with Crippen molar-refractivity contribution >= 4 is 5.91 Å². The summed E-state index contributed by atoms with van der Waals surface area (Å²) in [5.41, 5.74) is -0.594. The lowest BCUT2D eigenvalue weighted by atomic mass is 9.98. The van der Waals surface area contributed by atoms with E-state index in [1.807, 2.05) is 0 Å². The molecule has 0 bridgehead atoms. The fourth-order valence-electron chi connectivity index (χ4n) is 3.50. The molecule has 1 saturated carbocycles. The molecule has 1 saturated heterocycles. The molecule has 1 amide bonds. The van der Waals surface area contributed by atoms with Crippen LogP contribution in [0.2, 0.25) is 0 Å². The highest BCUT2D eigenvalue weighted by Gasteiger charge is 2.35. The predicted octanol–water partition coefficient (Wildman–Crippen LogP) is 1.26. The molecule has 1 heterocycles. The average molecular weight is 292 g/mol. The zero-order valence-electron chi connectivity index (χ0n) is 13.2. The maximum Gasteiger partial charge on any atom is 0.235 e. The van der Waals surface area contributed by atoms with Crippen molar-refractivity contribution in [2.75, 3.05) is 32.7 Å². The Balaban J connectivity index is 1.80. The minimum atomic E-state index is -0.594. The molecule has 1 unspecified atom stereocenters. The second-order valence-corrected chi connectivity index (χ2v) is 6.49. The zero-order chi connectivity index (χ0) is 15.1. The first-order valence-corrected chi connectivity index (χ1v) is 8.33. The molecule has 0 radical (unpaired) electrons. The molecular formula is C16H28N4O. The highest BCUT2D eigenvalue weighted by atomic mass is 16.2. The van der Waals surface area contributed by atoms with Crippen molar-refractivity contribution < 1.29 is 4.79 Å². The van der Waals surface area contributed by atoms with Gasteiger partial charge in [0.05, 0.1) is 12.6 Å². The Morgan fingerprint density at radius 3 is 2.76 bits per heavy atom. The summed E-state index contributed by atoms with van der Waals surface area (Å²) in [4.78, 5) is 14.5. The number of hydrogen-bond donors (Lipinski definition) is 2. The zero-order valence-corrected chi connectivity index (χ0v) is 13.2. The van der Waals surface area contributed by atoms with Crippen LogP contribution in [0.4, 0.5) is 0 Å². The maximum atomic E-state index is 12.3. The van der Waals surface area contributed by atoms with E-state index in [1.54, 1.807) is 0 Å². The molecule has 2 N–H and O–H groups in total. The van der Waals surface area contributed by atoms with Gasteiger partial charge in [-0.05, 0) is 64.1 Å². The third-order valence-corrected chi connectivity index (χ3v) is 4.78. The standard InChI is InChI=1S/C16H28N4O/c1-2-20(11-14-6-5-9-18-10-14)12-15(21)19-16(13-17)7-3-4-8-16/h14,18H,2-12H2,1H3,(H,19,21). The van der Waals surface area contributed by atoms with E-state index in [2.05, 4.69) is 28.5 Å². The van der Waals surface area contributed by atoms with Gasteiger partial charge in [-0.2, -0.15) is 5.26 Å². The summed E-state index contributed by atoms with van der Waals surface area (Å²) >= 11 is 0. The molecule has 5 heteroatoms. The van der Waals surface area contributed by atoms with E-state index >= 15 is 0 Å². The van der Waals surface area contributed by atoms with Crippen molar-refractivity contribution in [2.24, 2.45) is 5.92 Å². The molecular weight excluding hydrogens is 264 g/mol. The highest BCUT2D eigenvalue weighted by molar-refractivity contribution is 5.79. The molecule has 1 atom stereocenters. The number of piperidine rings is 1. The van der Waals surface area contributed by atoms with Gasteiger partial charge in [0.15, 0.2) is 0 Å². The van der Waals surface area contributed by atoms with Gasteiger partial charge in [0, 0.05) is 6.54 Å². The van der Waals surface area contributed by atoms with Gasteiger partial charge in [-0.15, -0.1) is 0 Å². The van der Waals surface area contributed by atoms with Gasteiger partial charge in [0.1, 0.15) is 5.54 Å². The van der Waals surface area contributed by atoms with E-state index in [4.69, 9.17) is 0 Å². The molecule has 2 rings (SSSR count). The minimum absolute atomic E-state index is 0.00377. The largest absolute Gasteiger partial charge is 0.337 e. The van der Waals surface area contributed by atoms with Gasteiger partial charge in [-0.25, -0.2) is 0 Å². The molecule has 1 aliphatic heterocycles. The highest BCUT2D eigenvalue weighted by Crippen LogP contribution is 2.28. The summed E-state index contributed by atoms with van der Waals surface area (Å²) in [6.07, 6.45) is 6.15. The fraction of sp³-hybridized carbons (Fsp3) is 0.875. The number of likely N-dealkylation sites (N-methyl/N-ethyl adjacent to an activating group) is 1. The summed E-state index contributed by atoms with van der Waals surface area (Å²) in [6.45, 7) is 6.53. The molecule has 2 fully saturated rings. The van der Waals surface area contributed by atoms with Crippen molar-refractivity contribution in [1.29, 1.82) is 5.26 Å². The van der Waals surface area contributed by atoms with Gasteiger partial charge < -0.3 is 10.6 Å². The number of amides is 1. The maximum absolute atomic E-state index is 12.3. The van der Waals surface area contributed by atoms with Gasteiger partial charge >= 0.3 is 0 Å². The van der Waals surface area contributed by atoms with Crippen molar-refractivity contribution in [1.82, 2.24) is 15.5 Å². The van der Waals surface area contributed by atoms with Crippen LogP contribution >= 0.6 is 0 Å². The first kappa shape index (κ1) is 16.3. The summed E-state index contributed by atoms with van der Waals surface area (Å²) < 4.78 is 0. The molecule has 1 aliphatic carbocycles. The van der Waals surface area contributed by atoms with Gasteiger partial charge in [0.25, 0.3) is 0 Å². The van der Waals surface area contributed by atoms with E-state index in [0.29, 0.717) is 12.5 Å². The van der Waals surface area contributed by atoms with Crippen molar-refractivity contribution in [3.8, 4) is 6.07 Å². The number of nitriles is 1. The first-order chi connectivity index (χ1) is 10.2. The Morgan fingerprint density at radius 2 is 2.19 bits per heavy atom. The number of rotatable bonds is 6. The number of carbonyl (C=O) groups is 1. The molecule has 5 nitrogen and oxygen atoms in total. The van der Waals surface area contributed by atoms with Crippen molar-refractivity contribution in [3.05, 3.63) is 0 Å². The van der Waals surface area contributed by atoms with Crippen LogP contribution in [0, 0.1) is 17.2 Å². The van der Waals surface area contributed by atoms with Crippen LogP contribution in [0.1, 0.15) is 45.4 Å². The van der Waals surface area contributed by atoms with Crippen LogP contribution in [-0.4, -0.2) is 49.1 Å². The minimum Gasteiger partial charge on any atom is -0.337 e. The summed E-state index contributed by atoms with van der Waals surface area (Å²) in [5, 5.41) is 15.7. The SMILES string of the molecule is CCN(CC(=O)NC1(C#N)CCCC1)CC1CCCNC1. The second kappa shape index (κ2) is 7.77. The van der Waals surface area contributed by atoms with E-state index in [1.165, 1.54) is 12.8 Å². The van der Waals surface area contributed by atoms with Crippen molar-refractivity contribution in [3.63, 3.8) is 0 Å². The van der Waals surface area contributed by atoms with Crippen molar-refractivity contribution in [2.45, 2.75) is 51.0 Å². The molecule has 118 valence electrons. The van der Waals surface area contributed by atoms with Crippen LogP contribution < -0.4 is 10.6 Å². The molecule has 0 aromatic carbocycles. The average Bonchev–Trinajstić information content (AvgIpc) is 2.96. The normalized spacial score (nSPS) is 24.7. The molecule has 0 aromatic rings. The Morgan fingerprint density at radius 1 is 1.43 bits per heavy atom. The Hall–Kier alpha value is -1.12. The number of nitrogens with one attached hydrogen (secondary N) is 2. The summed E-state index contributed by atoms with van der Waals surface area (Å²) in [6, 6.07) is 2.32. The van der Waals surface area contributed by atoms with E-state index in [9.17, 15) is 10.1 Å². The van der Waals surface area contributed by atoms with Gasteiger partial charge in [0.2, 0.25) is 5.91 Å². The van der Waals surface area contributed by atoms with E-state index < -0.39 is 5.54 Å². The molecule has 0 aromatic heterocycles. The molecule has 2 aliphatic rings. The van der Waals surface area contributed by atoms with Crippen LogP contribution in [0.15, 0.2) is 0 Å². The lowest BCUT2D eigenvalue weighted by Crippen LogP contribution is -2.50. The Bertz CT molecular complexity index is 378. The lowest BCUT2D eigenvalue weighted by molar-refractivity contribution is -0.123. The predicted molar refractivity (Wildman–Crippen MR) is 82.7 cm³/mol. The summed E-state index contributed by atoms with van der Waals surface area (Å²) in [7, 11) is 0. The van der Waals surface area contributed by atoms with Crippen LogP contribution in [0.25, 0.3) is 0 Å². The van der Waals surface area contributed by atoms with E-state index in [-0.39, 0.29) is 5.91 Å². The fourth-order valence-corrected chi connectivity index (χ4v) is 3.50.